The highest BCUT2D eigenvalue weighted by Gasteiger charge is 2.28. The molecule has 0 spiro atoms. The Hall–Kier alpha value is -0.290. The maximum absolute atomic E-state index is 11.7. The van der Waals surface area contributed by atoms with Crippen LogP contribution in [0, 0.1) is 5.92 Å². The fraction of sp³-hybridized carbons (Fsp3) is 1.00. The Kier molecular flexibility index (Phi) is 4.88. The number of alkyl halides is 3. The molecule has 0 rings (SSSR count). The minimum Gasteiger partial charge on any atom is -0.389 e. The van der Waals surface area contributed by atoms with Gasteiger partial charge in [-0.2, -0.15) is 13.2 Å². The zero-order valence-electron chi connectivity index (χ0n) is 8.78. The topological polar surface area (TPSA) is 32.3 Å². The van der Waals surface area contributed by atoms with Crippen molar-refractivity contribution in [3.05, 3.63) is 0 Å². The Morgan fingerprint density at radius 3 is 2.07 bits per heavy atom. The quantitative estimate of drug-likeness (QED) is 0.731. The van der Waals surface area contributed by atoms with Crippen LogP contribution in [-0.2, 0) is 0 Å². The zero-order chi connectivity index (χ0) is 11.4. The van der Waals surface area contributed by atoms with Crippen molar-refractivity contribution in [2.45, 2.75) is 39.0 Å². The van der Waals surface area contributed by atoms with Crippen LogP contribution in [0.2, 0.25) is 0 Å². The third-order valence-corrected chi connectivity index (χ3v) is 1.68. The molecule has 2 nitrogen and oxygen atoms in total. The maximum Gasteiger partial charge on any atom is 0.401 e. The first-order valence-corrected chi connectivity index (χ1v) is 4.62. The number of hydrogen-bond acceptors (Lipinski definition) is 2. The molecule has 86 valence electrons. The summed E-state index contributed by atoms with van der Waals surface area (Å²) >= 11 is 0. The van der Waals surface area contributed by atoms with Crippen LogP contribution >= 0.6 is 0 Å². The van der Waals surface area contributed by atoms with Crippen LogP contribution in [0.5, 0.6) is 0 Å². The van der Waals surface area contributed by atoms with Crippen LogP contribution in [0.15, 0.2) is 0 Å². The van der Waals surface area contributed by atoms with Gasteiger partial charge in [0.25, 0.3) is 0 Å². The van der Waals surface area contributed by atoms with Crippen molar-refractivity contribution in [3.8, 4) is 0 Å². The van der Waals surface area contributed by atoms with Crippen LogP contribution in [0.4, 0.5) is 13.2 Å². The fourth-order valence-electron chi connectivity index (χ4n) is 1.43. The molecule has 0 aromatic heterocycles. The molecule has 0 saturated heterocycles. The van der Waals surface area contributed by atoms with Crippen molar-refractivity contribution in [1.29, 1.82) is 0 Å². The van der Waals surface area contributed by atoms with Gasteiger partial charge in [-0.1, -0.05) is 13.8 Å². The van der Waals surface area contributed by atoms with E-state index in [9.17, 15) is 18.3 Å². The van der Waals surface area contributed by atoms with Crippen molar-refractivity contribution in [3.63, 3.8) is 0 Å². The Labute approximate surface area is 82.5 Å². The van der Waals surface area contributed by atoms with Crippen molar-refractivity contribution in [1.82, 2.24) is 5.32 Å². The summed E-state index contributed by atoms with van der Waals surface area (Å²) in [6.45, 7) is 4.28. The zero-order valence-corrected chi connectivity index (χ0v) is 8.78. The first-order valence-electron chi connectivity index (χ1n) is 4.62. The molecule has 14 heavy (non-hydrogen) atoms. The molecule has 1 atom stereocenters. The standard InChI is InChI=1S/C9H18F3NO/c1-7(2)4-8(3,14)5-13-6-9(10,11)12/h7,13-14H,4-6H2,1-3H3. The van der Waals surface area contributed by atoms with Crippen molar-refractivity contribution in [2.75, 3.05) is 13.1 Å². The molecule has 0 heterocycles. The summed E-state index contributed by atoms with van der Waals surface area (Å²) in [5, 5.41) is 11.8. The molecule has 0 radical (unpaired) electrons. The molecular weight excluding hydrogens is 195 g/mol. The molecular formula is C9H18F3NO. The van der Waals surface area contributed by atoms with Crippen LogP contribution in [0.25, 0.3) is 0 Å². The summed E-state index contributed by atoms with van der Waals surface area (Å²) in [6, 6.07) is 0. The normalized spacial score (nSPS) is 17.1. The van der Waals surface area contributed by atoms with Gasteiger partial charge in [0.15, 0.2) is 0 Å². The van der Waals surface area contributed by atoms with E-state index < -0.39 is 18.3 Å². The van der Waals surface area contributed by atoms with Crippen molar-refractivity contribution in [2.24, 2.45) is 5.92 Å². The highest BCUT2D eigenvalue weighted by atomic mass is 19.4. The van der Waals surface area contributed by atoms with E-state index in [1.54, 1.807) is 0 Å². The lowest BCUT2D eigenvalue weighted by Gasteiger charge is -2.25. The Bertz CT molecular complexity index is 166. The molecule has 0 aromatic rings. The summed E-state index contributed by atoms with van der Waals surface area (Å²) in [4.78, 5) is 0. The van der Waals surface area contributed by atoms with Crippen molar-refractivity contribution < 1.29 is 18.3 Å². The lowest BCUT2D eigenvalue weighted by molar-refractivity contribution is -0.126. The number of rotatable bonds is 5. The van der Waals surface area contributed by atoms with Gasteiger partial charge in [-0.3, -0.25) is 0 Å². The predicted molar refractivity (Wildman–Crippen MR) is 49.0 cm³/mol. The van der Waals surface area contributed by atoms with Gasteiger partial charge < -0.3 is 10.4 Å². The number of hydrogen-bond donors (Lipinski definition) is 2. The van der Waals surface area contributed by atoms with Crippen LogP contribution < -0.4 is 5.32 Å². The Morgan fingerprint density at radius 2 is 1.71 bits per heavy atom. The first-order chi connectivity index (χ1) is 6.12. The second kappa shape index (κ2) is 4.98. The lowest BCUT2D eigenvalue weighted by atomic mass is 9.94. The van der Waals surface area contributed by atoms with Crippen LogP contribution in [0.3, 0.4) is 0 Å². The van der Waals surface area contributed by atoms with Gasteiger partial charge in [-0.25, -0.2) is 0 Å². The molecule has 0 aromatic carbocycles. The van der Waals surface area contributed by atoms with E-state index in [-0.39, 0.29) is 12.5 Å². The second-order valence-corrected chi connectivity index (χ2v) is 4.31. The van der Waals surface area contributed by atoms with Gasteiger partial charge in [-0.05, 0) is 19.3 Å². The predicted octanol–water partition coefficient (Wildman–Crippen LogP) is 1.94. The van der Waals surface area contributed by atoms with Gasteiger partial charge in [0.05, 0.1) is 12.1 Å². The Morgan fingerprint density at radius 1 is 1.21 bits per heavy atom. The molecule has 0 amide bonds. The molecule has 2 N–H and O–H groups in total. The maximum atomic E-state index is 11.7. The molecule has 0 aliphatic rings. The summed E-state index contributed by atoms with van der Waals surface area (Å²) in [5.74, 6) is 0.262. The molecule has 0 saturated carbocycles. The fourth-order valence-corrected chi connectivity index (χ4v) is 1.43. The lowest BCUT2D eigenvalue weighted by Crippen LogP contribution is -2.42. The average molecular weight is 213 g/mol. The minimum absolute atomic E-state index is 0.0370. The second-order valence-electron chi connectivity index (χ2n) is 4.31. The molecule has 1 unspecified atom stereocenters. The third kappa shape index (κ3) is 8.31. The molecule has 0 aliphatic carbocycles. The van der Waals surface area contributed by atoms with Gasteiger partial charge >= 0.3 is 6.18 Å². The van der Waals surface area contributed by atoms with E-state index in [0.29, 0.717) is 6.42 Å². The SMILES string of the molecule is CC(C)CC(C)(O)CNCC(F)(F)F. The summed E-state index contributed by atoms with van der Waals surface area (Å²) < 4.78 is 35.2. The minimum atomic E-state index is -4.21. The number of aliphatic hydroxyl groups is 1. The molecule has 0 fully saturated rings. The van der Waals surface area contributed by atoms with E-state index in [1.807, 2.05) is 13.8 Å². The monoisotopic (exact) mass is 213 g/mol. The third-order valence-electron chi connectivity index (χ3n) is 1.68. The summed E-state index contributed by atoms with van der Waals surface area (Å²) in [6.07, 6.45) is -3.73. The smallest absolute Gasteiger partial charge is 0.389 e. The van der Waals surface area contributed by atoms with Crippen LogP contribution in [0.1, 0.15) is 27.2 Å². The van der Waals surface area contributed by atoms with E-state index in [1.165, 1.54) is 6.92 Å². The van der Waals surface area contributed by atoms with Gasteiger partial charge in [0.1, 0.15) is 0 Å². The van der Waals surface area contributed by atoms with Gasteiger partial charge in [-0.15, -0.1) is 0 Å². The largest absolute Gasteiger partial charge is 0.401 e. The first kappa shape index (κ1) is 13.7. The van der Waals surface area contributed by atoms with E-state index in [0.717, 1.165) is 0 Å². The average Bonchev–Trinajstić information content (AvgIpc) is 1.78. The van der Waals surface area contributed by atoms with E-state index in [4.69, 9.17) is 0 Å². The highest BCUT2D eigenvalue weighted by Crippen LogP contribution is 2.16. The van der Waals surface area contributed by atoms with Gasteiger partial charge in [0.2, 0.25) is 0 Å². The number of halogens is 3. The molecule has 0 aliphatic heterocycles. The summed E-state index contributed by atoms with van der Waals surface area (Å²) in [5.41, 5.74) is -1.07. The number of nitrogens with one attached hydrogen (secondary N) is 1. The summed E-state index contributed by atoms with van der Waals surface area (Å²) in [7, 11) is 0. The Balaban J connectivity index is 3.76. The van der Waals surface area contributed by atoms with Crippen molar-refractivity contribution >= 4 is 0 Å². The van der Waals surface area contributed by atoms with E-state index >= 15 is 0 Å². The van der Waals surface area contributed by atoms with Gasteiger partial charge in [0, 0.05) is 6.54 Å². The van der Waals surface area contributed by atoms with E-state index in [2.05, 4.69) is 5.32 Å². The molecule has 5 heteroatoms. The highest BCUT2D eigenvalue weighted by molar-refractivity contribution is 4.77. The van der Waals surface area contributed by atoms with Crippen LogP contribution in [-0.4, -0.2) is 30.0 Å². The molecule has 0 bridgehead atoms.